The first kappa shape index (κ1) is 26.1. The first-order valence-electron chi connectivity index (χ1n) is 13.1. The Labute approximate surface area is 224 Å². The number of hydrogen-bond acceptors (Lipinski definition) is 10. The largest absolute Gasteiger partial charge is 0.504 e. The summed E-state index contributed by atoms with van der Waals surface area (Å²) in [6, 6.07) is 3.27. The molecule has 0 saturated carbocycles. The molecule has 1 aromatic rings. The van der Waals surface area contributed by atoms with Crippen molar-refractivity contribution in [1.29, 1.82) is 0 Å². The maximum absolute atomic E-state index is 13.3. The zero-order valence-corrected chi connectivity index (χ0v) is 21.5. The molecule has 5 aliphatic rings. The molecular formula is C27H32N2O10. The van der Waals surface area contributed by atoms with Crippen LogP contribution in [-0.4, -0.2) is 105 Å². The van der Waals surface area contributed by atoms with Gasteiger partial charge in [0.15, 0.2) is 23.7 Å². The van der Waals surface area contributed by atoms with Crippen LogP contribution in [0.5, 0.6) is 11.5 Å². The molecule has 39 heavy (non-hydrogen) atoms. The first-order chi connectivity index (χ1) is 18.5. The van der Waals surface area contributed by atoms with E-state index < -0.39 is 72.3 Å². The van der Waals surface area contributed by atoms with E-state index in [0.717, 1.165) is 37.4 Å². The molecule has 1 spiro atoms. The van der Waals surface area contributed by atoms with Gasteiger partial charge in [-0.05, 0) is 38.1 Å². The van der Waals surface area contributed by atoms with Crippen molar-refractivity contribution < 1.29 is 49.0 Å². The third-order valence-corrected chi connectivity index (χ3v) is 9.12. The molecule has 5 N–H and O–H groups in total. The number of likely N-dealkylation sites (N-methyl/N-ethyl adjacent to an activating group) is 1. The molecule has 2 bridgehead atoms. The van der Waals surface area contributed by atoms with Crippen LogP contribution in [0.4, 0.5) is 0 Å². The lowest BCUT2D eigenvalue weighted by Gasteiger charge is -2.57. The number of esters is 1. The van der Waals surface area contributed by atoms with Crippen molar-refractivity contribution in [2.45, 2.75) is 80.3 Å². The molecule has 2 saturated heterocycles. The molecule has 10 atom stereocenters. The maximum Gasteiger partial charge on any atom is 0.335 e. The monoisotopic (exact) mass is 544 g/mol. The Morgan fingerprint density at radius 2 is 1.97 bits per heavy atom. The molecule has 2 fully saturated rings. The van der Waals surface area contributed by atoms with Gasteiger partial charge in [0.25, 0.3) is 0 Å². The predicted octanol–water partition coefficient (Wildman–Crippen LogP) is -0.782. The number of ether oxygens (including phenoxy) is 3. The Bertz CT molecular complexity index is 1250. The number of benzene rings is 1. The van der Waals surface area contributed by atoms with Crippen LogP contribution in [-0.2, 0) is 35.7 Å². The van der Waals surface area contributed by atoms with Gasteiger partial charge in [0.05, 0.1) is 12.5 Å². The molecule has 210 valence electrons. The fourth-order valence-electron chi connectivity index (χ4n) is 7.46. The number of aliphatic hydroxyl groups is 2. The van der Waals surface area contributed by atoms with Gasteiger partial charge < -0.3 is 44.9 Å². The third-order valence-electron chi connectivity index (χ3n) is 9.12. The number of hydrogen-bond donors (Lipinski definition) is 5. The van der Waals surface area contributed by atoms with Gasteiger partial charge in [-0.25, -0.2) is 4.79 Å². The minimum atomic E-state index is -1.85. The smallest absolute Gasteiger partial charge is 0.335 e. The Kier molecular flexibility index (Phi) is 6.14. The zero-order valence-electron chi connectivity index (χ0n) is 21.5. The Morgan fingerprint density at radius 3 is 2.69 bits per heavy atom. The minimum absolute atomic E-state index is 0.0609. The second kappa shape index (κ2) is 9.19. The van der Waals surface area contributed by atoms with E-state index in [9.17, 15) is 34.8 Å². The molecule has 1 aromatic carbocycles. The second-order valence-corrected chi connectivity index (χ2v) is 11.2. The molecule has 3 aliphatic heterocycles. The first-order valence-corrected chi connectivity index (χ1v) is 13.1. The number of carboxylic acid groups (broad SMARTS) is 1. The number of carboxylic acids is 1. The van der Waals surface area contributed by atoms with Gasteiger partial charge in [0.1, 0.15) is 24.4 Å². The molecule has 2 aliphatic carbocycles. The fourth-order valence-corrected chi connectivity index (χ4v) is 7.46. The van der Waals surface area contributed by atoms with Gasteiger partial charge in [-0.15, -0.1) is 0 Å². The van der Waals surface area contributed by atoms with Crippen LogP contribution in [0.25, 0.3) is 0 Å². The number of aromatic hydroxyl groups is 1. The number of nitrogens with zero attached hydrogens (tertiary/aromatic N) is 1. The number of amides is 1. The number of aliphatic hydroxyl groups excluding tert-OH is 2. The number of piperidine rings is 1. The Balaban J connectivity index is 1.27. The van der Waals surface area contributed by atoms with E-state index in [1.54, 1.807) is 6.07 Å². The Hall–Kier alpha value is -3.19. The number of likely N-dealkylation sites (tertiary alicyclic amines) is 1. The lowest BCUT2D eigenvalue weighted by atomic mass is 9.53. The zero-order chi connectivity index (χ0) is 27.8. The van der Waals surface area contributed by atoms with E-state index in [4.69, 9.17) is 14.2 Å². The van der Waals surface area contributed by atoms with E-state index in [1.165, 1.54) is 0 Å². The van der Waals surface area contributed by atoms with Crippen LogP contribution in [0.2, 0.25) is 0 Å². The average Bonchev–Trinajstić information content (AvgIpc) is 3.23. The number of carbonyl (C=O) groups excluding carboxylic acids is 2. The van der Waals surface area contributed by atoms with Crippen LogP contribution < -0.4 is 10.1 Å². The lowest BCUT2D eigenvalue weighted by Crippen LogP contribution is -2.67. The second-order valence-electron chi connectivity index (χ2n) is 11.2. The van der Waals surface area contributed by atoms with Crippen LogP contribution >= 0.6 is 0 Å². The number of phenolic OH excluding ortho intramolecular Hbond substituents is 1. The van der Waals surface area contributed by atoms with E-state index >= 15 is 0 Å². The van der Waals surface area contributed by atoms with Crippen molar-refractivity contribution in [3.63, 3.8) is 0 Å². The van der Waals surface area contributed by atoms with Crippen molar-refractivity contribution >= 4 is 17.8 Å². The van der Waals surface area contributed by atoms with Gasteiger partial charge in [0, 0.05) is 29.9 Å². The van der Waals surface area contributed by atoms with E-state index in [0.29, 0.717) is 5.75 Å². The van der Waals surface area contributed by atoms with Crippen LogP contribution in [0, 0.1) is 5.92 Å². The van der Waals surface area contributed by atoms with Crippen molar-refractivity contribution in [2.75, 3.05) is 13.6 Å². The highest BCUT2D eigenvalue weighted by molar-refractivity contribution is 5.78. The summed E-state index contributed by atoms with van der Waals surface area (Å²) in [5.41, 5.74) is 1.71. The quantitative estimate of drug-likeness (QED) is 0.232. The van der Waals surface area contributed by atoms with E-state index in [2.05, 4.69) is 23.3 Å². The number of phenols is 1. The van der Waals surface area contributed by atoms with Gasteiger partial charge >= 0.3 is 11.9 Å². The van der Waals surface area contributed by atoms with Gasteiger partial charge in [-0.3, -0.25) is 9.59 Å². The highest BCUT2D eigenvalue weighted by Gasteiger charge is 2.64. The van der Waals surface area contributed by atoms with Gasteiger partial charge in [-0.2, -0.15) is 0 Å². The van der Waals surface area contributed by atoms with Gasteiger partial charge in [0.2, 0.25) is 5.91 Å². The van der Waals surface area contributed by atoms with Crippen molar-refractivity contribution in [3.8, 4) is 11.5 Å². The maximum atomic E-state index is 13.3. The summed E-state index contributed by atoms with van der Waals surface area (Å²) >= 11 is 0. The summed E-state index contributed by atoms with van der Waals surface area (Å²) in [6.45, 7) is 1.93. The summed E-state index contributed by atoms with van der Waals surface area (Å²) < 4.78 is 17.0. The van der Waals surface area contributed by atoms with E-state index in [1.807, 2.05) is 12.1 Å². The molecule has 3 heterocycles. The predicted molar refractivity (Wildman–Crippen MR) is 132 cm³/mol. The van der Waals surface area contributed by atoms with Crippen LogP contribution in [0.3, 0.4) is 0 Å². The molecule has 0 radical (unpaired) electrons. The van der Waals surface area contributed by atoms with E-state index in [-0.39, 0.29) is 17.7 Å². The SMILES string of the molecule is CC(=O)O[C@H]1C(CC(=O)N[C@@H]2C=CC3[C@H]4Cc5ccc(O)c6c5[C@@]3(CCN4C)[C@H]2O6)O[C@H](C(=O)O)[C@@H](O)[C@@H]1O. The van der Waals surface area contributed by atoms with Crippen LogP contribution in [0.15, 0.2) is 24.3 Å². The molecule has 0 aromatic heterocycles. The average molecular weight is 545 g/mol. The molecule has 12 nitrogen and oxygen atoms in total. The highest BCUT2D eigenvalue weighted by atomic mass is 16.6. The summed E-state index contributed by atoms with van der Waals surface area (Å²) in [7, 11) is 2.11. The highest BCUT2D eigenvalue weighted by Crippen LogP contribution is 2.62. The normalized spacial score (nSPS) is 39.8. The Morgan fingerprint density at radius 1 is 1.21 bits per heavy atom. The molecular weight excluding hydrogens is 512 g/mol. The topological polar surface area (TPSA) is 175 Å². The standard InChI is InChI=1S/C27H32N2O10/c1-11(30)37-23-17(38-24(26(35)36)21(34)20(23)33)10-18(32)28-14-5-4-13-15-9-12-3-6-16(31)22-19(12)27(13,25(14)39-22)7-8-29(15)2/h3-6,13-15,17,20-21,23-25,31,33-34H,7-10H2,1-2H3,(H,28,32)(H,35,36)/t13?,14-,15-,17?,20+,21+,23+,24+,25+,27+/m1/s1. The van der Waals surface area contributed by atoms with Gasteiger partial charge in [-0.1, -0.05) is 18.2 Å². The molecule has 2 unspecified atom stereocenters. The van der Waals surface area contributed by atoms with Crippen LogP contribution in [0.1, 0.15) is 30.9 Å². The third kappa shape index (κ3) is 3.84. The summed E-state index contributed by atoms with van der Waals surface area (Å²) in [4.78, 5) is 38.9. The fraction of sp³-hybridized carbons (Fsp3) is 0.593. The summed E-state index contributed by atoms with van der Waals surface area (Å²) in [5.74, 6) is -2.19. The van der Waals surface area contributed by atoms with Crippen molar-refractivity contribution in [2.24, 2.45) is 5.92 Å². The molecule has 12 heteroatoms. The number of carbonyl (C=O) groups is 3. The number of aliphatic carboxylic acids is 1. The summed E-state index contributed by atoms with van der Waals surface area (Å²) in [5, 5.41) is 43.7. The van der Waals surface area contributed by atoms with Crippen molar-refractivity contribution in [1.82, 2.24) is 10.2 Å². The number of nitrogens with one attached hydrogen (secondary N) is 1. The summed E-state index contributed by atoms with van der Waals surface area (Å²) in [6.07, 6.45) is -3.46. The lowest BCUT2D eigenvalue weighted by molar-refractivity contribution is -0.236. The number of rotatable bonds is 5. The minimum Gasteiger partial charge on any atom is -0.504 e. The molecule has 1 amide bonds. The van der Waals surface area contributed by atoms with Crippen molar-refractivity contribution in [3.05, 3.63) is 35.4 Å². The molecule has 6 rings (SSSR count).